The van der Waals surface area contributed by atoms with E-state index in [0.717, 1.165) is 103 Å². The summed E-state index contributed by atoms with van der Waals surface area (Å²) in [5.74, 6) is 2.07. The van der Waals surface area contributed by atoms with Crippen LogP contribution in [-0.2, 0) is 34.4 Å². The van der Waals surface area contributed by atoms with Crippen molar-refractivity contribution in [1.82, 2.24) is 14.8 Å². The minimum atomic E-state index is -0.399. The number of nitrogens with one attached hydrogen (secondary N) is 2. The van der Waals surface area contributed by atoms with E-state index in [0.29, 0.717) is 43.2 Å². The molecule has 4 aliphatic rings. The van der Waals surface area contributed by atoms with Crippen molar-refractivity contribution in [3.05, 3.63) is 69.6 Å². The van der Waals surface area contributed by atoms with E-state index in [1.165, 1.54) is 0 Å². The number of nitrogens with zero attached hydrogens (tertiary/aromatic N) is 4. The molecule has 3 fully saturated rings. The highest BCUT2D eigenvalue weighted by atomic mass is 16.5. The van der Waals surface area contributed by atoms with Gasteiger partial charge in [0.1, 0.15) is 17.5 Å². The molecule has 0 radical (unpaired) electrons. The van der Waals surface area contributed by atoms with E-state index < -0.39 is 6.04 Å². The second-order valence-corrected chi connectivity index (χ2v) is 14.5. The molecule has 1 unspecified atom stereocenters. The zero-order valence-electron chi connectivity index (χ0n) is 30.3. The first kappa shape index (κ1) is 35.3. The van der Waals surface area contributed by atoms with Crippen LogP contribution < -0.4 is 30.6 Å². The number of aliphatic imine (C=N–C) groups is 1. The normalized spacial score (nSPS) is 19.4. The Morgan fingerprint density at radius 1 is 0.923 bits per heavy atom. The number of aryl methyl sites for hydroxylation is 1. The van der Waals surface area contributed by atoms with Crippen LogP contribution in [0.4, 0.5) is 11.4 Å². The number of aromatic nitrogens is 1. The van der Waals surface area contributed by atoms with Crippen molar-refractivity contribution < 1.29 is 23.9 Å². The number of rotatable bonds is 10. The summed E-state index contributed by atoms with van der Waals surface area (Å²) in [6.45, 7) is 3.72. The van der Waals surface area contributed by atoms with Gasteiger partial charge < -0.3 is 29.2 Å². The number of anilines is 2. The van der Waals surface area contributed by atoms with Crippen molar-refractivity contribution in [3.8, 4) is 22.6 Å². The molecule has 0 spiro atoms. The third-order valence-corrected chi connectivity index (χ3v) is 11.3. The molecule has 52 heavy (non-hydrogen) atoms. The predicted octanol–water partition coefficient (Wildman–Crippen LogP) is 4.31. The molecule has 0 aliphatic carbocycles. The minimum absolute atomic E-state index is 0.0238. The highest BCUT2D eigenvalue weighted by Gasteiger charge is 2.30. The summed E-state index contributed by atoms with van der Waals surface area (Å²) in [5, 5.41) is 5.62. The van der Waals surface area contributed by atoms with Crippen molar-refractivity contribution in [1.29, 1.82) is 0 Å². The SMILES string of the molecule is COc1cc(-c2cn(C)c(=O)c3c2C=NC3)cc(OC)c1CC1CCN(C(=O)CC2CCN(c3ccc(NC4CCC(=O)NC4=O)cc3)CC2)CC1. The van der Waals surface area contributed by atoms with Gasteiger partial charge in [-0.1, -0.05) is 0 Å². The summed E-state index contributed by atoms with van der Waals surface area (Å²) in [6, 6.07) is 11.8. The van der Waals surface area contributed by atoms with Crippen LogP contribution in [0.1, 0.15) is 61.6 Å². The minimum Gasteiger partial charge on any atom is -0.496 e. The highest BCUT2D eigenvalue weighted by Crippen LogP contribution is 2.39. The maximum Gasteiger partial charge on any atom is 0.256 e. The smallest absolute Gasteiger partial charge is 0.256 e. The molecule has 3 aromatic rings. The number of carbonyl (C=O) groups is 3. The number of hydrogen-bond acceptors (Lipinski definition) is 9. The van der Waals surface area contributed by atoms with Crippen LogP contribution in [-0.4, -0.2) is 79.8 Å². The average molecular weight is 709 g/mol. The number of likely N-dealkylation sites (tertiary alicyclic amines) is 1. The topological polar surface area (TPSA) is 135 Å². The fourth-order valence-corrected chi connectivity index (χ4v) is 8.16. The molecule has 5 heterocycles. The molecule has 2 aromatic carbocycles. The van der Waals surface area contributed by atoms with Gasteiger partial charge >= 0.3 is 0 Å². The molecule has 4 aliphatic heterocycles. The molecule has 1 aromatic heterocycles. The number of methoxy groups -OCH3 is 2. The van der Waals surface area contributed by atoms with Crippen molar-refractivity contribution in [2.75, 3.05) is 50.6 Å². The summed E-state index contributed by atoms with van der Waals surface area (Å²) in [4.78, 5) is 58.4. The number of benzene rings is 2. The average Bonchev–Trinajstić information content (AvgIpc) is 3.66. The highest BCUT2D eigenvalue weighted by molar-refractivity contribution is 6.01. The molecule has 3 amide bonds. The van der Waals surface area contributed by atoms with Gasteiger partial charge in [0.15, 0.2) is 0 Å². The Kier molecular flexibility index (Phi) is 10.3. The number of piperidine rings is 3. The number of ether oxygens (including phenoxy) is 2. The number of imide groups is 1. The van der Waals surface area contributed by atoms with Gasteiger partial charge in [0.05, 0.1) is 20.8 Å². The monoisotopic (exact) mass is 708 g/mol. The van der Waals surface area contributed by atoms with Crippen molar-refractivity contribution in [2.24, 2.45) is 23.9 Å². The van der Waals surface area contributed by atoms with Gasteiger partial charge in [0.2, 0.25) is 17.7 Å². The summed E-state index contributed by atoms with van der Waals surface area (Å²) < 4.78 is 13.4. The van der Waals surface area contributed by atoms with E-state index in [1.807, 2.05) is 30.5 Å². The molecule has 2 N–H and O–H groups in total. The number of fused-ring (bicyclic) bond motifs is 1. The Morgan fingerprint density at radius 2 is 1.60 bits per heavy atom. The van der Waals surface area contributed by atoms with E-state index in [9.17, 15) is 19.2 Å². The molecule has 3 saturated heterocycles. The Balaban J connectivity index is 0.897. The van der Waals surface area contributed by atoms with Crippen molar-refractivity contribution in [2.45, 2.75) is 64.0 Å². The van der Waals surface area contributed by atoms with E-state index >= 15 is 0 Å². The van der Waals surface area contributed by atoms with Crippen molar-refractivity contribution in [3.63, 3.8) is 0 Å². The zero-order chi connectivity index (χ0) is 36.4. The zero-order valence-corrected chi connectivity index (χ0v) is 30.3. The van der Waals surface area contributed by atoms with Gasteiger partial charge in [0.25, 0.3) is 5.56 Å². The van der Waals surface area contributed by atoms with Gasteiger partial charge in [0, 0.05) is 92.1 Å². The lowest BCUT2D eigenvalue weighted by atomic mass is 9.87. The summed E-state index contributed by atoms with van der Waals surface area (Å²) in [7, 11) is 5.13. The van der Waals surface area contributed by atoms with Crippen LogP contribution in [0.2, 0.25) is 0 Å². The first-order valence-corrected chi connectivity index (χ1v) is 18.4. The standard InChI is InChI=1S/C40H48N6O6/c1-44-24-33(31-22-41-23-32(31)40(44)50)27-20-35(51-2)30(36(21-27)52-3)18-25-12-16-46(17-13-25)38(48)19-26-10-14-45(15-11-26)29-6-4-28(5-7-29)42-34-8-9-37(47)43-39(34)49/h4-7,20-22,24-26,34,42H,8-19,23H2,1-3H3,(H,43,47,49). The van der Waals surface area contributed by atoms with Crippen LogP contribution in [0.25, 0.3) is 11.1 Å². The summed E-state index contributed by atoms with van der Waals surface area (Å²) in [6.07, 6.45) is 9.68. The van der Waals surface area contributed by atoms with Gasteiger partial charge in [-0.25, -0.2) is 0 Å². The van der Waals surface area contributed by atoms with Gasteiger partial charge in [-0.3, -0.25) is 29.5 Å². The maximum atomic E-state index is 13.4. The fraction of sp³-hybridized carbons (Fsp3) is 0.475. The van der Waals surface area contributed by atoms with Gasteiger partial charge in [-0.15, -0.1) is 0 Å². The van der Waals surface area contributed by atoms with E-state index in [1.54, 1.807) is 32.0 Å². The number of pyridine rings is 1. The van der Waals surface area contributed by atoms with Crippen LogP contribution in [0.5, 0.6) is 11.5 Å². The lowest BCUT2D eigenvalue weighted by Gasteiger charge is -2.36. The quantitative estimate of drug-likeness (QED) is 0.298. The number of carbonyl (C=O) groups excluding carboxylic acids is 3. The second-order valence-electron chi connectivity index (χ2n) is 14.5. The lowest BCUT2D eigenvalue weighted by Crippen LogP contribution is -2.47. The fourth-order valence-electron chi connectivity index (χ4n) is 8.16. The third kappa shape index (κ3) is 7.42. The van der Waals surface area contributed by atoms with E-state index in [2.05, 4.69) is 37.6 Å². The molecule has 1 atom stereocenters. The van der Waals surface area contributed by atoms with E-state index in [4.69, 9.17) is 9.47 Å². The summed E-state index contributed by atoms with van der Waals surface area (Å²) >= 11 is 0. The van der Waals surface area contributed by atoms with Crippen LogP contribution in [0.3, 0.4) is 0 Å². The Morgan fingerprint density at radius 3 is 2.25 bits per heavy atom. The molecular weight excluding hydrogens is 660 g/mol. The lowest BCUT2D eigenvalue weighted by molar-refractivity contribution is -0.134. The van der Waals surface area contributed by atoms with Gasteiger partial charge in [-0.05, 0) is 92.3 Å². The van der Waals surface area contributed by atoms with Crippen LogP contribution in [0, 0.1) is 11.8 Å². The van der Waals surface area contributed by atoms with Crippen molar-refractivity contribution >= 4 is 35.3 Å². The molecular formula is C40H48N6O6. The Hall–Kier alpha value is -5.13. The first-order chi connectivity index (χ1) is 25.2. The summed E-state index contributed by atoms with van der Waals surface area (Å²) in [5.41, 5.74) is 6.40. The van der Waals surface area contributed by atoms with E-state index in [-0.39, 0.29) is 23.3 Å². The maximum absolute atomic E-state index is 13.4. The molecule has 12 heteroatoms. The third-order valence-electron chi connectivity index (χ3n) is 11.3. The molecule has 12 nitrogen and oxygen atoms in total. The molecule has 0 bridgehead atoms. The molecule has 274 valence electrons. The first-order valence-electron chi connectivity index (χ1n) is 18.4. The van der Waals surface area contributed by atoms with Crippen LogP contribution in [0.15, 0.2) is 52.4 Å². The Labute approximate surface area is 304 Å². The second kappa shape index (κ2) is 15.2. The van der Waals surface area contributed by atoms with Gasteiger partial charge in [-0.2, -0.15) is 0 Å². The largest absolute Gasteiger partial charge is 0.496 e. The number of hydrogen-bond donors (Lipinski definition) is 2. The predicted molar refractivity (Wildman–Crippen MR) is 200 cm³/mol. The number of amides is 3. The molecule has 0 saturated carbocycles. The van der Waals surface area contributed by atoms with Crippen LogP contribution >= 0.6 is 0 Å². The Bertz CT molecular complexity index is 1900. The molecule has 7 rings (SSSR count).